The standard InChI is InChI=1S/C23H24N6/c1-2-28-12-14-29(15-13-28)22-16-21(25-20-10-8-18(17-24)9-11-20)26-23(27-22)19-6-4-3-5-7-19/h3-11,16H,2,12-15H2,1H3,(H,25,26,27). The summed E-state index contributed by atoms with van der Waals surface area (Å²) in [5, 5.41) is 12.4. The van der Waals surface area contributed by atoms with Crippen molar-refractivity contribution in [3.63, 3.8) is 0 Å². The summed E-state index contributed by atoms with van der Waals surface area (Å²) in [5.74, 6) is 2.39. The van der Waals surface area contributed by atoms with Crippen molar-refractivity contribution in [3.8, 4) is 17.5 Å². The van der Waals surface area contributed by atoms with Crippen molar-refractivity contribution in [1.29, 1.82) is 5.26 Å². The lowest BCUT2D eigenvalue weighted by Crippen LogP contribution is -2.46. The molecule has 0 aliphatic carbocycles. The number of nitriles is 1. The molecule has 6 heteroatoms. The van der Waals surface area contributed by atoms with Crippen LogP contribution in [0.15, 0.2) is 60.7 Å². The Bertz CT molecular complexity index is 986. The number of rotatable bonds is 5. The lowest BCUT2D eigenvalue weighted by Gasteiger charge is -2.35. The average Bonchev–Trinajstić information content (AvgIpc) is 2.80. The predicted molar refractivity (Wildman–Crippen MR) is 116 cm³/mol. The van der Waals surface area contributed by atoms with Crippen LogP contribution in [0.2, 0.25) is 0 Å². The number of anilines is 3. The highest BCUT2D eigenvalue weighted by Gasteiger charge is 2.19. The van der Waals surface area contributed by atoms with Gasteiger partial charge in [-0.3, -0.25) is 0 Å². The molecule has 1 aliphatic rings. The molecule has 4 rings (SSSR count). The number of benzene rings is 2. The van der Waals surface area contributed by atoms with E-state index in [1.807, 2.05) is 48.5 Å². The molecule has 6 nitrogen and oxygen atoms in total. The normalized spacial score (nSPS) is 14.4. The van der Waals surface area contributed by atoms with E-state index < -0.39 is 0 Å². The molecule has 0 radical (unpaired) electrons. The van der Waals surface area contributed by atoms with E-state index in [0.717, 1.165) is 55.6 Å². The zero-order valence-electron chi connectivity index (χ0n) is 16.5. The van der Waals surface area contributed by atoms with Gasteiger partial charge < -0.3 is 15.1 Å². The van der Waals surface area contributed by atoms with Crippen LogP contribution in [-0.4, -0.2) is 47.6 Å². The quantitative estimate of drug-likeness (QED) is 0.720. The molecule has 0 spiro atoms. The Morgan fingerprint density at radius 2 is 1.69 bits per heavy atom. The minimum atomic E-state index is 0.637. The summed E-state index contributed by atoms with van der Waals surface area (Å²) < 4.78 is 0. The zero-order valence-corrected chi connectivity index (χ0v) is 16.5. The van der Waals surface area contributed by atoms with Crippen LogP contribution in [0.1, 0.15) is 12.5 Å². The summed E-state index contributed by atoms with van der Waals surface area (Å²) in [7, 11) is 0. The van der Waals surface area contributed by atoms with Gasteiger partial charge in [-0.2, -0.15) is 5.26 Å². The van der Waals surface area contributed by atoms with Crippen molar-refractivity contribution in [2.75, 3.05) is 42.9 Å². The van der Waals surface area contributed by atoms with E-state index in [-0.39, 0.29) is 0 Å². The molecule has 1 fully saturated rings. The van der Waals surface area contributed by atoms with Gasteiger partial charge >= 0.3 is 0 Å². The number of aromatic nitrogens is 2. The first kappa shape index (κ1) is 18.9. The van der Waals surface area contributed by atoms with Gasteiger partial charge in [-0.15, -0.1) is 0 Å². The molecule has 1 aromatic heterocycles. The van der Waals surface area contributed by atoms with Crippen LogP contribution in [-0.2, 0) is 0 Å². The number of likely N-dealkylation sites (N-methyl/N-ethyl adjacent to an activating group) is 1. The van der Waals surface area contributed by atoms with Crippen molar-refractivity contribution in [2.45, 2.75) is 6.92 Å². The predicted octanol–water partition coefficient (Wildman–Crippen LogP) is 3.90. The summed E-state index contributed by atoms with van der Waals surface area (Å²) in [6, 6.07) is 21.6. The molecule has 2 aromatic carbocycles. The number of hydrogen-bond donors (Lipinski definition) is 1. The van der Waals surface area contributed by atoms with Gasteiger partial charge in [-0.1, -0.05) is 37.3 Å². The van der Waals surface area contributed by atoms with Crippen molar-refractivity contribution in [1.82, 2.24) is 14.9 Å². The molecule has 3 aromatic rings. The number of piperazine rings is 1. The second kappa shape index (κ2) is 8.72. The molecular formula is C23H24N6. The zero-order chi connectivity index (χ0) is 20.1. The second-order valence-corrected chi connectivity index (χ2v) is 7.04. The van der Waals surface area contributed by atoms with Crippen LogP contribution < -0.4 is 10.2 Å². The Morgan fingerprint density at radius 1 is 0.966 bits per heavy atom. The third-order valence-corrected chi connectivity index (χ3v) is 5.17. The van der Waals surface area contributed by atoms with Gasteiger partial charge in [0.2, 0.25) is 0 Å². The summed E-state index contributed by atoms with van der Waals surface area (Å²) in [4.78, 5) is 14.4. The van der Waals surface area contributed by atoms with Gasteiger partial charge in [0.15, 0.2) is 5.82 Å². The fraction of sp³-hybridized carbons (Fsp3) is 0.261. The Labute approximate surface area is 171 Å². The van der Waals surface area contributed by atoms with Gasteiger partial charge in [0.25, 0.3) is 0 Å². The van der Waals surface area contributed by atoms with E-state index >= 15 is 0 Å². The highest BCUT2D eigenvalue weighted by atomic mass is 15.3. The minimum Gasteiger partial charge on any atom is -0.354 e. The molecular weight excluding hydrogens is 360 g/mol. The van der Waals surface area contributed by atoms with Gasteiger partial charge in [-0.25, -0.2) is 9.97 Å². The van der Waals surface area contributed by atoms with Crippen LogP contribution >= 0.6 is 0 Å². The van der Waals surface area contributed by atoms with Crippen LogP contribution in [0.4, 0.5) is 17.3 Å². The van der Waals surface area contributed by atoms with E-state index in [4.69, 9.17) is 15.2 Å². The minimum absolute atomic E-state index is 0.637. The van der Waals surface area contributed by atoms with E-state index in [9.17, 15) is 0 Å². The Hall–Kier alpha value is -3.43. The number of nitrogens with zero attached hydrogens (tertiary/aromatic N) is 5. The fourth-order valence-corrected chi connectivity index (χ4v) is 3.45. The van der Waals surface area contributed by atoms with E-state index in [0.29, 0.717) is 11.4 Å². The lowest BCUT2D eigenvalue weighted by atomic mass is 10.2. The third kappa shape index (κ3) is 4.53. The van der Waals surface area contributed by atoms with Gasteiger partial charge in [0.05, 0.1) is 11.6 Å². The van der Waals surface area contributed by atoms with Crippen LogP contribution in [0.25, 0.3) is 11.4 Å². The summed E-state index contributed by atoms with van der Waals surface area (Å²) in [6.07, 6.45) is 0. The van der Waals surface area contributed by atoms with Crippen LogP contribution in [0.5, 0.6) is 0 Å². The molecule has 0 saturated carbocycles. The largest absolute Gasteiger partial charge is 0.354 e. The van der Waals surface area contributed by atoms with Gasteiger partial charge in [0.1, 0.15) is 11.6 Å². The Balaban J connectivity index is 1.65. The smallest absolute Gasteiger partial charge is 0.163 e. The summed E-state index contributed by atoms with van der Waals surface area (Å²) in [5.41, 5.74) is 2.52. The van der Waals surface area contributed by atoms with Crippen LogP contribution in [0, 0.1) is 11.3 Å². The molecule has 1 N–H and O–H groups in total. The molecule has 0 amide bonds. The van der Waals surface area contributed by atoms with Crippen molar-refractivity contribution >= 4 is 17.3 Å². The van der Waals surface area contributed by atoms with E-state index in [2.05, 4.69) is 28.1 Å². The number of hydrogen-bond acceptors (Lipinski definition) is 6. The van der Waals surface area contributed by atoms with Gasteiger partial charge in [-0.05, 0) is 30.8 Å². The first-order valence-electron chi connectivity index (χ1n) is 9.94. The molecule has 0 bridgehead atoms. The first-order chi connectivity index (χ1) is 14.2. The van der Waals surface area contributed by atoms with Gasteiger partial charge in [0, 0.05) is 43.5 Å². The maximum absolute atomic E-state index is 9.00. The fourth-order valence-electron chi connectivity index (χ4n) is 3.45. The van der Waals surface area contributed by atoms with E-state index in [1.54, 1.807) is 12.1 Å². The van der Waals surface area contributed by atoms with Crippen LogP contribution in [0.3, 0.4) is 0 Å². The first-order valence-corrected chi connectivity index (χ1v) is 9.94. The topological polar surface area (TPSA) is 68.1 Å². The monoisotopic (exact) mass is 384 g/mol. The molecule has 0 unspecified atom stereocenters. The molecule has 1 saturated heterocycles. The molecule has 2 heterocycles. The molecule has 146 valence electrons. The molecule has 29 heavy (non-hydrogen) atoms. The lowest BCUT2D eigenvalue weighted by molar-refractivity contribution is 0.270. The Kier molecular flexibility index (Phi) is 5.68. The highest BCUT2D eigenvalue weighted by molar-refractivity contribution is 5.66. The Morgan fingerprint density at radius 3 is 2.34 bits per heavy atom. The molecule has 0 atom stereocenters. The molecule has 1 aliphatic heterocycles. The third-order valence-electron chi connectivity index (χ3n) is 5.17. The summed E-state index contributed by atoms with van der Waals surface area (Å²) >= 11 is 0. The van der Waals surface area contributed by atoms with Crippen molar-refractivity contribution in [2.24, 2.45) is 0 Å². The highest BCUT2D eigenvalue weighted by Crippen LogP contribution is 2.25. The maximum Gasteiger partial charge on any atom is 0.163 e. The average molecular weight is 384 g/mol. The van der Waals surface area contributed by atoms with E-state index in [1.165, 1.54) is 0 Å². The number of nitrogens with one attached hydrogen (secondary N) is 1. The second-order valence-electron chi connectivity index (χ2n) is 7.04. The summed E-state index contributed by atoms with van der Waals surface area (Å²) in [6.45, 7) is 7.27. The van der Waals surface area contributed by atoms with Crippen molar-refractivity contribution in [3.05, 3.63) is 66.2 Å². The van der Waals surface area contributed by atoms with Crippen molar-refractivity contribution < 1.29 is 0 Å². The SMILES string of the molecule is CCN1CCN(c2cc(Nc3ccc(C#N)cc3)nc(-c3ccccc3)n2)CC1. The maximum atomic E-state index is 9.00.